The van der Waals surface area contributed by atoms with Crippen molar-refractivity contribution >= 4 is 17.3 Å². The molecule has 1 heterocycles. The van der Waals surface area contributed by atoms with Gasteiger partial charge in [-0.3, -0.25) is 20.2 Å². The number of rotatable bonds is 4. The summed E-state index contributed by atoms with van der Waals surface area (Å²) >= 11 is 0. The van der Waals surface area contributed by atoms with Crippen LogP contribution in [0.5, 0.6) is 0 Å². The number of benzene rings is 1. The van der Waals surface area contributed by atoms with Crippen molar-refractivity contribution in [2.75, 3.05) is 0 Å². The summed E-state index contributed by atoms with van der Waals surface area (Å²) in [4.78, 5) is 33.8. The Labute approximate surface area is 203 Å². The number of hydrogen-bond donors (Lipinski definition) is 0. The molecule has 0 aromatic heterocycles. The number of esters is 1. The molecule has 188 valence electrons. The first-order chi connectivity index (χ1) is 16.6. The lowest BCUT2D eigenvalue weighted by molar-refractivity contribution is -0.394. The third-order valence-electron chi connectivity index (χ3n) is 10.7. The molecule has 1 spiro atoms. The monoisotopic (exact) mass is 484 g/mol. The summed E-state index contributed by atoms with van der Waals surface area (Å²) in [5.74, 6) is 1.38. The Bertz CT molecular complexity index is 1090. The van der Waals surface area contributed by atoms with Crippen molar-refractivity contribution in [3.05, 3.63) is 44.0 Å². The maximum Gasteiger partial charge on any atom is 0.338 e. The normalized spacial score (nSPS) is 43.2. The zero-order valence-corrected chi connectivity index (χ0v) is 20.2. The van der Waals surface area contributed by atoms with Crippen LogP contribution in [0, 0.1) is 48.8 Å². The van der Waals surface area contributed by atoms with Gasteiger partial charge in [0.15, 0.2) is 0 Å². The van der Waals surface area contributed by atoms with Crippen molar-refractivity contribution in [3.63, 3.8) is 0 Å². The molecule has 0 unspecified atom stereocenters. The quantitative estimate of drug-likeness (QED) is 0.236. The summed E-state index contributed by atoms with van der Waals surface area (Å²) in [6, 6.07) is 2.94. The van der Waals surface area contributed by atoms with Crippen LogP contribution in [0.2, 0.25) is 0 Å². The molecule has 9 nitrogen and oxygen atoms in total. The minimum atomic E-state index is -0.757. The molecule has 8 atom stereocenters. The van der Waals surface area contributed by atoms with Crippen molar-refractivity contribution in [1.29, 1.82) is 0 Å². The lowest BCUT2D eigenvalue weighted by atomic mass is 9.45. The molecule has 5 fully saturated rings. The van der Waals surface area contributed by atoms with Gasteiger partial charge in [0.1, 0.15) is 11.7 Å². The highest BCUT2D eigenvalue weighted by molar-refractivity contribution is 5.91. The maximum absolute atomic E-state index is 12.9. The topological polar surface area (TPSA) is 125 Å². The molecule has 1 aliphatic heterocycles. The predicted octanol–water partition coefficient (Wildman–Crippen LogP) is 5.59. The number of ether oxygens (including phenoxy) is 2. The van der Waals surface area contributed by atoms with Crippen LogP contribution in [0.25, 0.3) is 0 Å². The van der Waals surface area contributed by atoms with Crippen LogP contribution in [0.4, 0.5) is 11.4 Å². The second-order valence-corrected chi connectivity index (χ2v) is 12.1. The van der Waals surface area contributed by atoms with E-state index in [2.05, 4.69) is 13.8 Å². The van der Waals surface area contributed by atoms with Gasteiger partial charge in [0.25, 0.3) is 11.4 Å². The highest BCUT2D eigenvalue weighted by Gasteiger charge is 2.76. The fourth-order valence-electron chi connectivity index (χ4n) is 8.88. The van der Waals surface area contributed by atoms with Crippen molar-refractivity contribution < 1.29 is 24.1 Å². The van der Waals surface area contributed by atoms with Crippen LogP contribution < -0.4 is 0 Å². The molecule has 4 aliphatic carbocycles. The van der Waals surface area contributed by atoms with E-state index in [1.165, 1.54) is 32.1 Å². The van der Waals surface area contributed by atoms with E-state index in [0.717, 1.165) is 37.0 Å². The zero-order chi connectivity index (χ0) is 24.8. The summed E-state index contributed by atoms with van der Waals surface area (Å²) in [6.07, 6.45) is 9.75. The van der Waals surface area contributed by atoms with Gasteiger partial charge in [0.2, 0.25) is 0 Å². The Morgan fingerprint density at radius 1 is 1.00 bits per heavy atom. The van der Waals surface area contributed by atoms with E-state index in [1.807, 2.05) is 0 Å². The molecule has 6 rings (SSSR count). The lowest BCUT2D eigenvalue weighted by Crippen LogP contribution is -2.58. The smallest absolute Gasteiger partial charge is 0.338 e. The second-order valence-electron chi connectivity index (χ2n) is 12.1. The molecular weight excluding hydrogens is 452 g/mol. The van der Waals surface area contributed by atoms with Crippen LogP contribution in [-0.4, -0.2) is 33.6 Å². The fraction of sp³-hybridized carbons (Fsp3) is 0.731. The fourth-order valence-corrected chi connectivity index (χ4v) is 8.88. The van der Waals surface area contributed by atoms with Gasteiger partial charge in [0.05, 0.1) is 27.6 Å². The SMILES string of the molecule is C[C@]12CCC[C@@H]1[C@@H]1C[C@@H]3O[C@@]34C[C@H](OC(=O)c3cc([N+](=O)[O-])cc([N+](=O)[O-])c3)CC[C@]4(C)[C@H]1CC2. The Balaban J connectivity index is 1.20. The number of non-ortho nitro benzene ring substituents is 2. The van der Waals surface area contributed by atoms with E-state index in [9.17, 15) is 25.0 Å². The molecule has 4 saturated carbocycles. The van der Waals surface area contributed by atoms with Crippen molar-refractivity contribution in [3.8, 4) is 0 Å². The summed E-state index contributed by atoms with van der Waals surface area (Å²) in [5, 5.41) is 22.4. The first-order valence-electron chi connectivity index (χ1n) is 12.9. The Morgan fingerprint density at radius 2 is 1.71 bits per heavy atom. The Morgan fingerprint density at radius 3 is 2.40 bits per heavy atom. The molecule has 1 saturated heterocycles. The van der Waals surface area contributed by atoms with Gasteiger partial charge in [-0.25, -0.2) is 4.79 Å². The van der Waals surface area contributed by atoms with E-state index in [-0.39, 0.29) is 28.8 Å². The van der Waals surface area contributed by atoms with Gasteiger partial charge in [0, 0.05) is 24.0 Å². The standard InChI is InChI=1S/C26H32N2O7/c1-24-7-3-4-20(24)19-13-22-26(35-22)14-18(5-9-25(26,2)21(19)6-8-24)34-23(29)15-10-16(27(30)31)12-17(11-15)28(32)33/h10-12,18-22H,3-9,13-14H2,1-2H3/t18-,19+,20-,21+,22+,24-,25-,26+/m1/s1. The van der Waals surface area contributed by atoms with Gasteiger partial charge in [-0.05, 0) is 68.1 Å². The highest BCUT2D eigenvalue weighted by atomic mass is 16.6. The van der Waals surface area contributed by atoms with Gasteiger partial charge >= 0.3 is 5.97 Å². The van der Waals surface area contributed by atoms with Crippen LogP contribution in [-0.2, 0) is 9.47 Å². The maximum atomic E-state index is 12.9. The Hall–Kier alpha value is -2.55. The molecule has 0 amide bonds. The minimum absolute atomic E-state index is 0.0672. The molecular formula is C26H32N2O7. The van der Waals surface area contributed by atoms with E-state index in [1.54, 1.807) is 0 Å². The van der Waals surface area contributed by atoms with Crippen molar-refractivity contribution in [2.45, 2.75) is 89.4 Å². The zero-order valence-electron chi connectivity index (χ0n) is 20.2. The summed E-state index contributed by atoms with van der Waals surface area (Å²) in [7, 11) is 0. The van der Waals surface area contributed by atoms with E-state index < -0.39 is 27.2 Å². The molecule has 0 bridgehead atoms. The number of hydrogen-bond acceptors (Lipinski definition) is 7. The average molecular weight is 485 g/mol. The lowest BCUT2D eigenvalue weighted by Gasteiger charge is -2.58. The van der Waals surface area contributed by atoms with Gasteiger partial charge in [-0.1, -0.05) is 20.3 Å². The number of nitro benzene ring substituents is 2. The largest absolute Gasteiger partial charge is 0.459 e. The van der Waals surface area contributed by atoms with Gasteiger partial charge < -0.3 is 9.47 Å². The number of nitro groups is 2. The molecule has 0 N–H and O–H groups in total. The molecule has 1 aromatic carbocycles. The Kier molecular flexibility index (Phi) is 4.89. The molecule has 5 aliphatic rings. The second kappa shape index (κ2) is 7.48. The van der Waals surface area contributed by atoms with Gasteiger partial charge in [-0.2, -0.15) is 0 Å². The van der Waals surface area contributed by atoms with Crippen LogP contribution in [0.15, 0.2) is 18.2 Å². The number of epoxide rings is 1. The van der Waals surface area contributed by atoms with Crippen molar-refractivity contribution in [2.24, 2.45) is 28.6 Å². The third-order valence-corrected chi connectivity index (χ3v) is 10.7. The van der Waals surface area contributed by atoms with E-state index in [0.29, 0.717) is 30.1 Å². The molecule has 35 heavy (non-hydrogen) atoms. The number of fused-ring (bicyclic) bond motifs is 4. The first-order valence-corrected chi connectivity index (χ1v) is 12.9. The van der Waals surface area contributed by atoms with Crippen molar-refractivity contribution in [1.82, 2.24) is 0 Å². The summed E-state index contributed by atoms with van der Waals surface area (Å²) < 4.78 is 12.3. The number of carbonyl (C=O) groups is 1. The molecule has 0 radical (unpaired) electrons. The number of nitrogens with zero attached hydrogens (tertiary/aromatic N) is 2. The predicted molar refractivity (Wildman–Crippen MR) is 125 cm³/mol. The van der Waals surface area contributed by atoms with Gasteiger partial charge in [-0.15, -0.1) is 0 Å². The third kappa shape index (κ3) is 3.26. The minimum Gasteiger partial charge on any atom is -0.459 e. The number of carbonyl (C=O) groups excluding carboxylic acids is 1. The molecule has 9 heteroatoms. The van der Waals surface area contributed by atoms with E-state index in [4.69, 9.17) is 9.47 Å². The van der Waals surface area contributed by atoms with E-state index >= 15 is 0 Å². The van der Waals surface area contributed by atoms with Crippen LogP contribution in [0.1, 0.15) is 82.0 Å². The van der Waals surface area contributed by atoms with Crippen LogP contribution in [0.3, 0.4) is 0 Å². The summed E-state index contributed by atoms with van der Waals surface area (Å²) in [5.41, 5.74) is -0.875. The molecule has 1 aromatic rings. The summed E-state index contributed by atoms with van der Waals surface area (Å²) in [6.45, 7) is 4.89. The first kappa shape index (κ1) is 22.9. The van der Waals surface area contributed by atoms with Crippen LogP contribution >= 0.6 is 0 Å². The highest BCUT2D eigenvalue weighted by Crippen LogP contribution is 2.73. The average Bonchev–Trinajstić information content (AvgIpc) is 3.36.